The number of phenols is 2. The van der Waals surface area contributed by atoms with Gasteiger partial charge in [0, 0.05) is 24.2 Å². The Balaban J connectivity index is 2.19. The molecule has 0 spiro atoms. The van der Waals surface area contributed by atoms with Crippen LogP contribution in [0.2, 0.25) is 0 Å². The fourth-order valence-corrected chi connectivity index (χ4v) is 3.56. The van der Waals surface area contributed by atoms with Crippen LogP contribution in [0.5, 0.6) is 11.5 Å². The van der Waals surface area contributed by atoms with E-state index in [2.05, 4.69) is 0 Å². The van der Waals surface area contributed by atoms with E-state index in [9.17, 15) is 15.0 Å². The summed E-state index contributed by atoms with van der Waals surface area (Å²) in [4.78, 5) is 16.3. The van der Waals surface area contributed by atoms with Crippen molar-refractivity contribution in [3.8, 4) is 11.5 Å². The molecule has 3 rings (SSSR count). The van der Waals surface area contributed by atoms with Crippen LogP contribution >= 0.6 is 0 Å². The van der Waals surface area contributed by atoms with Gasteiger partial charge in [0.1, 0.15) is 11.5 Å². The Morgan fingerprint density at radius 2 is 1.17 bits per heavy atom. The molecule has 1 heterocycles. The number of urea groups is 1. The average Bonchev–Trinajstić information content (AvgIpc) is 2.87. The maximum absolute atomic E-state index is 12.8. The summed E-state index contributed by atoms with van der Waals surface area (Å²) in [5.41, 5.74) is 1.38. The van der Waals surface area contributed by atoms with E-state index >= 15 is 0 Å². The van der Waals surface area contributed by atoms with Gasteiger partial charge >= 0.3 is 6.03 Å². The summed E-state index contributed by atoms with van der Waals surface area (Å²) in [6, 6.07) is 13.4. The van der Waals surface area contributed by atoms with Crippen molar-refractivity contribution in [2.24, 2.45) is 0 Å². The molecule has 1 aliphatic rings. The van der Waals surface area contributed by atoms with Crippen molar-refractivity contribution >= 4 is 6.03 Å². The third kappa shape index (κ3) is 2.46. The number of likely N-dealkylation sites (N-methyl/N-ethyl adjacent to an activating group) is 2. The molecule has 2 amide bonds. The number of hydrogen-bond donors (Lipinski definition) is 2. The third-order valence-electron chi connectivity index (χ3n) is 4.65. The lowest BCUT2D eigenvalue weighted by atomic mass is 9.92. The van der Waals surface area contributed by atoms with Gasteiger partial charge in [0.05, 0.1) is 12.1 Å². The topological polar surface area (TPSA) is 64.0 Å². The number of carbonyl (C=O) groups excluding carboxylic acids is 1. The van der Waals surface area contributed by atoms with Crippen molar-refractivity contribution < 1.29 is 15.0 Å². The molecule has 2 aromatic carbocycles. The number of hydrogen-bond acceptors (Lipinski definition) is 3. The summed E-state index contributed by atoms with van der Waals surface area (Å²) in [6.07, 6.45) is 0. The van der Waals surface area contributed by atoms with Crippen LogP contribution in [0.25, 0.3) is 0 Å². The van der Waals surface area contributed by atoms with E-state index in [0.717, 1.165) is 0 Å². The summed E-state index contributed by atoms with van der Waals surface area (Å²) in [5, 5.41) is 20.7. The number of para-hydroxylation sites is 2. The minimum absolute atomic E-state index is 0.0819. The molecule has 0 bridgehead atoms. The van der Waals surface area contributed by atoms with E-state index in [1.165, 1.54) is 0 Å². The Labute approximate surface area is 141 Å². The van der Waals surface area contributed by atoms with E-state index < -0.39 is 0 Å². The monoisotopic (exact) mass is 326 g/mol. The van der Waals surface area contributed by atoms with Gasteiger partial charge in [-0.2, -0.15) is 0 Å². The van der Waals surface area contributed by atoms with Crippen molar-refractivity contribution in [3.05, 3.63) is 59.7 Å². The highest BCUT2D eigenvalue weighted by Crippen LogP contribution is 2.48. The van der Waals surface area contributed by atoms with Crippen molar-refractivity contribution in [3.63, 3.8) is 0 Å². The van der Waals surface area contributed by atoms with Gasteiger partial charge in [-0.1, -0.05) is 36.4 Å². The normalized spacial score (nSPS) is 20.7. The van der Waals surface area contributed by atoms with Crippen LogP contribution in [0.3, 0.4) is 0 Å². The lowest BCUT2D eigenvalue weighted by Crippen LogP contribution is -2.32. The van der Waals surface area contributed by atoms with Gasteiger partial charge in [-0.3, -0.25) is 0 Å². The third-order valence-corrected chi connectivity index (χ3v) is 4.65. The Kier molecular flexibility index (Phi) is 4.34. The number of aromatic hydroxyl groups is 2. The number of nitrogens with zero attached hydrogens (tertiary/aromatic N) is 2. The van der Waals surface area contributed by atoms with Crippen molar-refractivity contribution in [1.82, 2.24) is 9.80 Å². The summed E-state index contributed by atoms with van der Waals surface area (Å²) in [6.45, 7) is 4.90. The summed E-state index contributed by atoms with van der Waals surface area (Å²) < 4.78 is 0. The number of phenolic OH excluding ortho intramolecular Hbond substituents is 2. The Morgan fingerprint density at radius 3 is 1.50 bits per heavy atom. The molecule has 0 saturated carbocycles. The highest BCUT2D eigenvalue weighted by atomic mass is 16.3. The standard InChI is InChI=1S/C19H22N2O3/c1-3-20-17(13-9-5-7-11-15(13)22)18(21(4-2)19(20)24)14-10-6-8-12-16(14)23/h5-12,17-18,22-23H,3-4H2,1-2H3/t17-,18-/m1/s1. The molecule has 5 nitrogen and oxygen atoms in total. The largest absolute Gasteiger partial charge is 0.508 e. The van der Waals surface area contributed by atoms with Gasteiger partial charge in [-0.15, -0.1) is 0 Å². The zero-order valence-electron chi connectivity index (χ0n) is 13.9. The smallest absolute Gasteiger partial charge is 0.321 e. The molecule has 1 aliphatic heterocycles. The molecule has 0 radical (unpaired) electrons. The van der Waals surface area contributed by atoms with Gasteiger partial charge in [0.15, 0.2) is 0 Å². The van der Waals surface area contributed by atoms with Crippen LogP contribution in [-0.4, -0.2) is 39.1 Å². The minimum Gasteiger partial charge on any atom is -0.508 e. The van der Waals surface area contributed by atoms with Gasteiger partial charge in [0.2, 0.25) is 0 Å². The van der Waals surface area contributed by atoms with Crippen molar-refractivity contribution in [1.29, 1.82) is 0 Å². The number of rotatable bonds is 4. The molecule has 126 valence electrons. The number of carbonyl (C=O) groups is 1. The number of benzene rings is 2. The summed E-state index contributed by atoms with van der Waals surface area (Å²) in [7, 11) is 0. The molecular formula is C19H22N2O3. The van der Waals surface area contributed by atoms with Crippen LogP contribution in [0.4, 0.5) is 4.79 Å². The first kappa shape index (κ1) is 16.2. The number of amides is 2. The first-order valence-corrected chi connectivity index (χ1v) is 8.23. The van der Waals surface area contributed by atoms with Crippen LogP contribution in [0.15, 0.2) is 48.5 Å². The Bertz CT molecular complexity index is 685. The van der Waals surface area contributed by atoms with Crippen LogP contribution < -0.4 is 0 Å². The molecular weight excluding hydrogens is 304 g/mol. The minimum atomic E-state index is -0.350. The van der Waals surface area contributed by atoms with Gasteiger partial charge in [-0.05, 0) is 26.0 Å². The highest BCUT2D eigenvalue weighted by Gasteiger charge is 2.47. The Morgan fingerprint density at radius 1 is 0.792 bits per heavy atom. The second-order valence-electron chi connectivity index (χ2n) is 5.86. The lowest BCUT2D eigenvalue weighted by Gasteiger charge is -2.29. The molecule has 5 heteroatoms. The first-order valence-electron chi connectivity index (χ1n) is 8.23. The highest BCUT2D eigenvalue weighted by molar-refractivity contribution is 5.79. The molecule has 2 aromatic rings. The summed E-state index contributed by atoms with van der Waals surface area (Å²) in [5.74, 6) is 0.319. The van der Waals surface area contributed by atoms with Crippen molar-refractivity contribution in [2.75, 3.05) is 13.1 Å². The molecule has 0 unspecified atom stereocenters. The molecule has 1 saturated heterocycles. The van der Waals surface area contributed by atoms with Crippen LogP contribution in [-0.2, 0) is 0 Å². The molecule has 1 fully saturated rings. The second-order valence-corrected chi connectivity index (χ2v) is 5.86. The van der Waals surface area contributed by atoms with Crippen LogP contribution in [0, 0.1) is 0 Å². The second kappa shape index (κ2) is 6.43. The zero-order chi connectivity index (χ0) is 17.3. The quantitative estimate of drug-likeness (QED) is 0.901. The fourth-order valence-electron chi connectivity index (χ4n) is 3.56. The Hall–Kier alpha value is -2.69. The van der Waals surface area contributed by atoms with Crippen LogP contribution in [0.1, 0.15) is 37.1 Å². The van der Waals surface area contributed by atoms with Gasteiger partial charge in [-0.25, -0.2) is 4.79 Å². The summed E-state index contributed by atoms with van der Waals surface area (Å²) >= 11 is 0. The maximum Gasteiger partial charge on any atom is 0.321 e. The lowest BCUT2D eigenvalue weighted by molar-refractivity contribution is 0.188. The molecule has 2 atom stereocenters. The van der Waals surface area contributed by atoms with E-state index in [1.54, 1.807) is 34.1 Å². The van der Waals surface area contributed by atoms with Crippen molar-refractivity contribution in [2.45, 2.75) is 25.9 Å². The molecule has 0 aliphatic carbocycles. The predicted molar refractivity (Wildman–Crippen MR) is 91.9 cm³/mol. The van der Waals surface area contributed by atoms with Gasteiger partial charge in [0.25, 0.3) is 0 Å². The van der Waals surface area contributed by atoms with E-state index in [4.69, 9.17) is 0 Å². The van der Waals surface area contributed by atoms with E-state index in [-0.39, 0.29) is 29.6 Å². The zero-order valence-corrected chi connectivity index (χ0v) is 13.9. The fraction of sp³-hybridized carbons (Fsp3) is 0.316. The van der Waals surface area contributed by atoms with E-state index in [1.807, 2.05) is 38.1 Å². The molecule has 2 N–H and O–H groups in total. The maximum atomic E-state index is 12.8. The SMILES string of the molecule is CCN1C(=O)N(CC)[C@H](c2ccccc2O)[C@H]1c1ccccc1O. The first-order chi connectivity index (χ1) is 11.6. The average molecular weight is 326 g/mol. The molecule has 24 heavy (non-hydrogen) atoms. The van der Waals surface area contributed by atoms with E-state index in [0.29, 0.717) is 24.2 Å². The molecule has 0 aromatic heterocycles. The predicted octanol–water partition coefficient (Wildman–Crippen LogP) is 3.66. The van der Waals surface area contributed by atoms with Gasteiger partial charge < -0.3 is 20.0 Å².